The van der Waals surface area contributed by atoms with Crippen molar-refractivity contribution in [3.63, 3.8) is 0 Å². The largest absolute Gasteiger partial charge is 0.443 e. The second-order valence-corrected chi connectivity index (χ2v) is 11.3. The SMILES string of the molecule is CC(C)(C)OC(=O)N(CCNCCNS(=O)(=O)c1cccc2cnccc12)c1ccc(Br)cc1. The Labute approximate surface area is 208 Å². The van der Waals surface area contributed by atoms with Gasteiger partial charge in [0.2, 0.25) is 10.0 Å². The van der Waals surface area contributed by atoms with Gasteiger partial charge in [-0.3, -0.25) is 9.88 Å². The third-order valence-electron chi connectivity index (χ3n) is 4.79. The van der Waals surface area contributed by atoms with Crippen molar-refractivity contribution < 1.29 is 17.9 Å². The van der Waals surface area contributed by atoms with E-state index in [-0.39, 0.29) is 11.4 Å². The number of fused-ring (bicyclic) bond motifs is 1. The third kappa shape index (κ3) is 7.23. The van der Waals surface area contributed by atoms with Crippen LogP contribution in [0.2, 0.25) is 0 Å². The normalized spacial score (nSPS) is 12.0. The van der Waals surface area contributed by atoms with Gasteiger partial charge in [-0.05, 0) is 57.2 Å². The first kappa shape index (κ1) is 26.1. The molecular weight excluding hydrogens is 520 g/mol. The maximum atomic E-state index is 12.8. The predicted octanol–water partition coefficient (Wildman–Crippen LogP) is 4.31. The smallest absolute Gasteiger partial charge is 0.414 e. The average Bonchev–Trinajstić information content (AvgIpc) is 2.77. The molecule has 182 valence electrons. The Hall–Kier alpha value is -2.53. The monoisotopic (exact) mass is 548 g/mol. The molecule has 1 aromatic heterocycles. The highest BCUT2D eigenvalue weighted by molar-refractivity contribution is 9.10. The number of hydrogen-bond donors (Lipinski definition) is 2. The van der Waals surface area contributed by atoms with Crippen LogP contribution < -0.4 is 14.9 Å². The summed E-state index contributed by atoms with van der Waals surface area (Å²) in [7, 11) is -3.68. The van der Waals surface area contributed by atoms with E-state index in [0.717, 1.165) is 9.86 Å². The minimum absolute atomic E-state index is 0.203. The van der Waals surface area contributed by atoms with Gasteiger partial charge in [0.15, 0.2) is 0 Å². The molecule has 0 aliphatic rings. The number of benzene rings is 2. The van der Waals surface area contributed by atoms with Gasteiger partial charge in [-0.15, -0.1) is 0 Å². The van der Waals surface area contributed by atoms with Crippen LogP contribution in [0, 0.1) is 0 Å². The number of carbonyl (C=O) groups is 1. The van der Waals surface area contributed by atoms with Crippen LogP contribution >= 0.6 is 15.9 Å². The number of ether oxygens (including phenoxy) is 1. The van der Waals surface area contributed by atoms with Crippen molar-refractivity contribution in [3.8, 4) is 0 Å². The minimum atomic E-state index is -3.68. The van der Waals surface area contributed by atoms with Crippen molar-refractivity contribution in [1.82, 2.24) is 15.0 Å². The Bertz CT molecular complexity index is 1220. The number of nitrogens with one attached hydrogen (secondary N) is 2. The van der Waals surface area contributed by atoms with Crippen molar-refractivity contribution in [1.29, 1.82) is 0 Å². The van der Waals surface area contributed by atoms with Gasteiger partial charge in [0.1, 0.15) is 5.60 Å². The molecule has 2 N–H and O–H groups in total. The van der Waals surface area contributed by atoms with Crippen LogP contribution in [0.15, 0.2) is 70.3 Å². The number of nitrogens with zero attached hydrogens (tertiary/aromatic N) is 2. The Morgan fingerprint density at radius 2 is 1.79 bits per heavy atom. The van der Waals surface area contributed by atoms with Crippen LogP contribution in [-0.2, 0) is 14.8 Å². The molecule has 0 fully saturated rings. The Kier molecular flexibility index (Phi) is 8.64. The van der Waals surface area contributed by atoms with E-state index < -0.39 is 21.7 Å². The lowest BCUT2D eigenvalue weighted by molar-refractivity contribution is 0.0580. The molecule has 34 heavy (non-hydrogen) atoms. The first-order valence-electron chi connectivity index (χ1n) is 10.9. The second kappa shape index (κ2) is 11.3. The van der Waals surface area contributed by atoms with Crippen LogP contribution in [0.25, 0.3) is 10.8 Å². The number of rotatable bonds is 9. The summed E-state index contributed by atoms with van der Waals surface area (Å²) in [6.07, 6.45) is 2.77. The summed E-state index contributed by atoms with van der Waals surface area (Å²) < 4.78 is 34.7. The lowest BCUT2D eigenvalue weighted by Gasteiger charge is -2.27. The molecular formula is C24H29BrN4O4S. The van der Waals surface area contributed by atoms with E-state index in [1.54, 1.807) is 35.5 Å². The van der Waals surface area contributed by atoms with Crippen LogP contribution in [0.5, 0.6) is 0 Å². The lowest BCUT2D eigenvalue weighted by atomic mass is 10.2. The fourth-order valence-electron chi connectivity index (χ4n) is 3.26. The first-order chi connectivity index (χ1) is 16.1. The Morgan fingerprint density at radius 3 is 2.50 bits per heavy atom. The molecule has 2 aromatic carbocycles. The van der Waals surface area contributed by atoms with Gasteiger partial charge in [0, 0.05) is 59.5 Å². The van der Waals surface area contributed by atoms with Gasteiger partial charge in [0.05, 0.1) is 4.90 Å². The standard InChI is InChI=1S/C24H29BrN4O4S/c1-24(2,3)33-23(30)29(20-9-7-19(25)8-10-20)16-15-26-13-14-28-34(31,32)22-6-4-5-18-17-27-12-11-21(18)22/h4-12,17,26,28H,13-16H2,1-3H3. The highest BCUT2D eigenvalue weighted by Gasteiger charge is 2.23. The summed E-state index contributed by atoms with van der Waals surface area (Å²) in [5.41, 5.74) is 0.0963. The second-order valence-electron chi connectivity index (χ2n) is 8.61. The lowest BCUT2D eigenvalue weighted by Crippen LogP contribution is -2.41. The summed E-state index contributed by atoms with van der Waals surface area (Å²) in [6, 6.07) is 14.2. The molecule has 0 saturated carbocycles. The highest BCUT2D eigenvalue weighted by Crippen LogP contribution is 2.22. The molecule has 1 amide bonds. The van der Waals surface area contributed by atoms with Gasteiger partial charge in [-0.1, -0.05) is 28.1 Å². The quantitative estimate of drug-likeness (QED) is 0.386. The summed E-state index contributed by atoms with van der Waals surface area (Å²) >= 11 is 3.40. The molecule has 0 atom stereocenters. The van der Waals surface area contributed by atoms with E-state index in [4.69, 9.17) is 4.74 Å². The van der Waals surface area contributed by atoms with E-state index in [1.165, 1.54) is 0 Å². The van der Waals surface area contributed by atoms with Crippen molar-refractivity contribution >= 4 is 48.5 Å². The van der Waals surface area contributed by atoms with E-state index in [9.17, 15) is 13.2 Å². The van der Waals surface area contributed by atoms with Crippen molar-refractivity contribution in [2.75, 3.05) is 31.1 Å². The van der Waals surface area contributed by atoms with E-state index in [2.05, 4.69) is 31.0 Å². The van der Waals surface area contributed by atoms with Crippen LogP contribution in [-0.4, -0.2) is 51.3 Å². The van der Waals surface area contributed by atoms with Gasteiger partial charge in [-0.2, -0.15) is 0 Å². The third-order valence-corrected chi connectivity index (χ3v) is 6.84. The molecule has 3 aromatic rings. The predicted molar refractivity (Wildman–Crippen MR) is 138 cm³/mol. The number of halogens is 1. The number of amides is 1. The zero-order valence-electron chi connectivity index (χ0n) is 19.4. The molecule has 0 aliphatic carbocycles. The molecule has 0 aliphatic heterocycles. The number of sulfonamides is 1. The van der Waals surface area contributed by atoms with Crippen molar-refractivity contribution in [2.45, 2.75) is 31.3 Å². The van der Waals surface area contributed by atoms with Crippen LogP contribution in [0.3, 0.4) is 0 Å². The molecule has 8 nitrogen and oxygen atoms in total. The summed E-state index contributed by atoms with van der Waals surface area (Å²) in [4.78, 5) is 18.5. The van der Waals surface area contributed by atoms with Crippen LogP contribution in [0.4, 0.5) is 10.5 Å². The molecule has 0 spiro atoms. The number of aromatic nitrogens is 1. The molecule has 0 radical (unpaired) electrons. The Morgan fingerprint density at radius 1 is 1.06 bits per heavy atom. The molecule has 0 bridgehead atoms. The van der Waals surface area contributed by atoms with E-state index in [0.29, 0.717) is 30.7 Å². The molecule has 0 saturated heterocycles. The van der Waals surface area contributed by atoms with Gasteiger partial charge in [0.25, 0.3) is 0 Å². The van der Waals surface area contributed by atoms with Crippen LogP contribution in [0.1, 0.15) is 20.8 Å². The van der Waals surface area contributed by atoms with Gasteiger partial charge >= 0.3 is 6.09 Å². The van der Waals surface area contributed by atoms with E-state index >= 15 is 0 Å². The summed E-state index contributed by atoms with van der Waals surface area (Å²) in [6.45, 7) is 6.88. The Balaban J connectivity index is 1.55. The topological polar surface area (TPSA) is 101 Å². The van der Waals surface area contributed by atoms with Gasteiger partial charge < -0.3 is 10.1 Å². The highest BCUT2D eigenvalue weighted by atomic mass is 79.9. The van der Waals surface area contributed by atoms with Crippen molar-refractivity contribution in [3.05, 3.63) is 65.4 Å². The molecule has 0 unspecified atom stereocenters. The zero-order valence-corrected chi connectivity index (χ0v) is 21.8. The fourth-order valence-corrected chi connectivity index (χ4v) is 4.78. The number of carbonyl (C=O) groups excluding carboxylic acids is 1. The van der Waals surface area contributed by atoms with Crippen molar-refractivity contribution in [2.24, 2.45) is 0 Å². The number of pyridine rings is 1. The number of anilines is 1. The maximum Gasteiger partial charge on any atom is 0.414 e. The van der Waals surface area contributed by atoms with Gasteiger partial charge in [-0.25, -0.2) is 17.9 Å². The zero-order chi connectivity index (χ0) is 24.8. The molecule has 3 rings (SSSR count). The minimum Gasteiger partial charge on any atom is -0.443 e. The maximum absolute atomic E-state index is 12.8. The fraction of sp³-hybridized carbons (Fsp3) is 0.333. The summed E-state index contributed by atoms with van der Waals surface area (Å²) in [5.74, 6) is 0. The molecule has 1 heterocycles. The number of hydrogen-bond acceptors (Lipinski definition) is 6. The summed E-state index contributed by atoms with van der Waals surface area (Å²) in [5, 5.41) is 4.57. The molecule has 10 heteroatoms. The first-order valence-corrected chi connectivity index (χ1v) is 13.1. The van der Waals surface area contributed by atoms with E-state index in [1.807, 2.05) is 51.1 Å². The average molecular weight is 549 g/mol.